The van der Waals surface area contributed by atoms with Crippen molar-refractivity contribution in [1.29, 1.82) is 0 Å². The summed E-state index contributed by atoms with van der Waals surface area (Å²) < 4.78 is 14.1. The number of hydrogen-bond donors (Lipinski definition) is 2. The van der Waals surface area contributed by atoms with E-state index in [0.29, 0.717) is 25.2 Å². The van der Waals surface area contributed by atoms with Gasteiger partial charge in [0.2, 0.25) is 0 Å². The molecule has 1 rings (SSSR count). The van der Waals surface area contributed by atoms with Crippen LogP contribution >= 0.6 is 0 Å². The first-order valence-electron chi connectivity index (χ1n) is 7.11. The fourth-order valence-electron chi connectivity index (χ4n) is 1.84. The number of halogens is 1. The topological polar surface area (TPSA) is 35.5 Å². The van der Waals surface area contributed by atoms with Gasteiger partial charge in [0.05, 0.1) is 11.8 Å². The summed E-state index contributed by atoms with van der Waals surface area (Å²) in [5.41, 5.74) is 1.53. The van der Waals surface area contributed by atoms with Gasteiger partial charge in [-0.1, -0.05) is 6.07 Å². The van der Waals surface area contributed by atoms with E-state index in [2.05, 4.69) is 26.1 Å². The summed E-state index contributed by atoms with van der Waals surface area (Å²) in [4.78, 5) is 1.84. The third-order valence-electron chi connectivity index (χ3n) is 3.13. The molecule has 0 fully saturated rings. The average molecular weight is 282 g/mol. The predicted molar refractivity (Wildman–Crippen MR) is 82.6 cm³/mol. The van der Waals surface area contributed by atoms with Crippen LogP contribution in [0.25, 0.3) is 0 Å². The minimum absolute atomic E-state index is 0.0171. The van der Waals surface area contributed by atoms with E-state index in [1.807, 2.05) is 18.0 Å². The van der Waals surface area contributed by atoms with Crippen LogP contribution in [0.1, 0.15) is 39.7 Å². The molecule has 3 nitrogen and oxygen atoms in total. The molecule has 0 bridgehead atoms. The van der Waals surface area contributed by atoms with Crippen LogP contribution in [0.3, 0.4) is 0 Å². The summed E-state index contributed by atoms with van der Waals surface area (Å²) >= 11 is 0. The number of nitrogens with one attached hydrogen (secondary N) is 1. The van der Waals surface area contributed by atoms with Crippen molar-refractivity contribution < 1.29 is 9.50 Å². The number of aliphatic hydroxyl groups is 1. The normalized spacial score (nSPS) is 13.3. The molecule has 0 heterocycles. The zero-order valence-corrected chi connectivity index (χ0v) is 13.2. The van der Waals surface area contributed by atoms with Crippen LogP contribution < -0.4 is 10.2 Å². The van der Waals surface area contributed by atoms with Crippen LogP contribution in [-0.2, 0) is 6.54 Å². The Hall–Kier alpha value is -1.13. The molecule has 0 radical (unpaired) electrons. The monoisotopic (exact) mass is 282 g/mol. The lowest BCUT2D eigenvalue weighted by Crippen LogP contribution is -2.35. The Balaban J connectivity index is 2.67. The summed E-state index contributed by atoms with van der Waals surface area (Å²) in [6.45, 7) is 9.28. The molecule has 0 aliphatic rings. The molecule has 0 saturated heterocycles. The van der Waals surface area contributed by atoms with Crippen LogP contribution in [0.15, 0.2) is 18.2 Å². The largest absolute Gasteiger partial charge is 0.393 e. The second kappa shape index (κ2) is 7.04. The number of benzene rings is 1. The van der Waals surface area contributed by atoms with E-state index < -0.39 is 0 Å². The van der Waals surface area contributed by atoms with E-state index in [0.717, 1.165) is 5.56 Å². The third-order valence-corrected chi connectivity index (χ3v) is 3.13. The van der Waals surface area contributed by atoms with Gasteiger partial charge in [0, 0.05) is 25.7 Å². The van der Waals surface area contributed by atoms with Crippen molar-refractivity contribution in [3.63, 3.8) is 0 Å². The van der Waals surface area contributed by atoms with Crippen LogP contribution in [0.2, 0.25) is 0 Å². The zero-order valence-electron chi connectivity index (χ0n) is 13.2. The smallest absolute Gasteiger partial charge is 0.146 e. The molecule has 1 aromatic carbocycles. The number of rotatable bonds is 6. The lowest BCUT2D eigenvalue weighted by Gasteiger charge is -2.23. The van der Waals surface area contributed by atoms with Gasteiger partial charge in [0.15, 0.2) is 0 Å². The number of anilines is 1. The minimum Gasteiger partial charge on any atom is -0.393 e. The highest BCUT2D eigenvalue weighted by Crippen LogP contribution is 2.20. The van der Waals surface area contributed by atoms with Crippen molar-refractivity contribution >= 4 is 5.69 Å². The lowest BCUT2D eigenvalue weighted by molar-refractivity contribution is 0.187. The van der Waals surface area contributed by atoms with Crippen molar-refractivity contribution in [3.8, 4) is 0 Å². The van der Waals surface area contributed by atoms with Gasteiger partial charge in [0.25, 0.3) is 0 Å². The van der Waals surface area contributed by atoms with Crippen molar-refractivity contribution in [3.05, 3.63) is 29.6 Å². The Labute approximate surface area is 121 Å². The quantitative estimate of drug-likeness (QED) is 0.842. The summed E-state index contributed by atoms with van der Waals surface area (Å²) in [6, 6.07) is 5.32. The van der Waals surface area contributed by atoms with Crippen LogP contribution in [0, 0.1) is 5.82 Å². The maximum Gasteiger partial charge on any atom is 0.146 e. The van der Waals surface area contributed by atoms with E-state index in [1.54, 1.807) is 19.1 Å². The lowest BCUT2D eigenvalue weighted by atomic mass is 10.1. The fraction of sp³-hybridized carbons (Fsp3) is 0.625. The van der Waals surface area contributed by atoms with Crippen LogP contribution in [0.4, 0.5) is 10.1 Å². The molecule has 2 N–H and O–H groups in total. The number of nitrogens with zero attached hydrogens (tertiary/aromatic N) is 1. The molecular formula is C16H27FN2O. The Morgan fingerprint density at radius 1 is 1.35 bits per heavy atom. The second-order valence-corrected chi connectivity index (χ2v) is 6.45. The summed E-state index contributed by atoms with van der Waals surface area (Å²) in [6.07, 6.45) is 0.263. The number of aliphatic hydroxyl groups excluding tert-OH is 1. The first-order valence-corrected chi connectivity index (χ1v) is 7.11. The summed E-state index contributed by atoms with van der Waals surface area (Å²) in [5, 5.41) is 12.6. The average Bonchev–Trinajstić information content (AvgIpc) is 2.32. The van der Waals surface area contributed by atoms with E-state index in [-0.39, 0.29) is 17.5 Å². The van der Waals surface area contributed by atoms with Gasteiger partial charge >= 0.3 is 0 Å². The van der Waals surface area contributed by atoms with E-state index >= 15 is 0 Å². The van der Waals surface area contributed by atoms with Crippen molar-refractivity contribution in [2.24, 2.45) is 0 Å². The SMILES string of the molecule is CC(O)CCN(C)c1ccc(CNC(C)(C)C)cc1F. The molecule has 1 unspecified atom stereocenters. The molecule has 0 aromatic heterocycles. The highest BCUT2D eigenvalue weighted by molar-refractivity contribution is 5.48. The molecule has 0 amide bonds. The molecule has 0 aliphatic heterocycles. The molecule has 114 valence electrons. The first kappa shape index (κ1) is 16.9. The molecular weight excluding hydrogens is 255 g/mol. The van der Waals surface area contributed by atoms with Gasteiger partial charge < -0.3 is 15.3 Å². The molecule has 1 atom stereocenters. The Kier molecular flexibility index (Phi) is 5.96. The molecule has 1 aromatic rings. The van der Waals surface area contributed by atoms with Crippen molar-refractivity contribution in [2.75, 3.05) is 18.5 Å². The maximum atomic E-state index is 14.1. The van der Waals surface area contributed by atoms with Crippen LogP contribution in [0.5, 0.6) is 0 Å². The highest BCUT2D eigenvalue weighted by atomic mass is 19.1. The molecule has 4 heteroatoms. The van der Waals surface area contributed by atoms with Gasteiger partial charge in [-0.2, -0.15) is 0 Å². The zero-order chi connectivity index (χ0) is 15.3. The van der Waals surface area contributed by atoms with E-state index in [9.17, 15) is 9.50 Å². The molecule has 20 heavy (non-hydrogen) atoms. The maximum absolute atomic E-state index is 14.1. The van der Waals surface area contributed by atoms with Gasteiger partial charge in [-0.15, -0.1) is 0 Å². The van der Waals surface area contributed by atoms with Gasteiger partial charge in [-0.05, 0) is 51.8 Å². The van der Waals surface area contributed by atoms with Gasteiger partial charge in [-0.25, -0.2) is 4.39 Å². The Morgan fingerprint density at radius 3 is 2.50 bits per heavy atom. The molecule has 0 aliphatic carbocycles. The Bertz CT molecular complexity index is 427. The van der Waals surface area contributed by atoms with Gasteiger partial charge in [0.1, 0.15) is 5.82 Å². The second-order valence-electron chi connectivity index (χ2n) is 6.45. The number of hydrogen-bond acceptors (Lipinski definition) is 3. The first-order chi connectivity index (χ1) is 9.19. The third kappa shape index (κ3) is 5.88. The standard InChI is InChI=1S/C16H27FN2O/c1-12(20)8-9-19(5)15-7-6-13(10-14(15)17)11-18-16(2,3)4/h6-7,10,12,18,20H,8-9,11H2,1-5H3. The molecule has 0 saturated carbocycles. The van der Waals surface area contributed by atoms with Crippen molar-refractivity contribution in [2.45, 2.75) is 52.3 Å². The fourth-order valence-corrected chi connectivity index (χ4v) is 1.84. The summed E-state index contributed by atoms with van der Waals surface area (Å²) in [5.74, 6) is -0.216. The molecule has 0 spiro atoms. The van der Waals surface area contributed by atoms with E-state index in [1.165, 1.54) is 0 Å². The summed E-state index contributed by atoms with van der Waals surface area (Å²) in [7, 11) is 1.84. The highest BCUT2D eigenvalue weighted by Gasteiger charge is 2.12. The van der Waals surface area contributed by atoms with Crippen LogP contribution in [-0.4, -0.2) is 30.3 Å². The van der Waals surface area contributed by atoms with Crippen molar-refractivity contribution in [1.82, 2.24) is 5.32 Å². The predicted octanol–water partition coefficient (Wildman–Crippen LogP) is 2.92. The minimum atomic E-state index is -0.365. The van der Waals surface area contributed by atoms with E-state index in [4.69, 9.17) is 0 Å². The Morgan fingerprint density at radius 2 is 2.00 bits per heavy atom. The van der Waals surface area contributed by atoms with Gasteiger partial charge in [-0.3, -0.25) is 0 Å².